The molecular formula is C23H36IN5OS. The number of aromatic nitrogens is 1. The average Bonchev–Trinajstić information content (AvgIpc) is 3.42. The third kappa shape index (κ3) is 7.32. The van der Waals surface area contributed by atoms with E-state index in [0.29, 0.717) is 6.54 Å². The van der Waals surface area contributed by atoms with Crippen LogP contribution in [0.4, 0.5) is 0 Å². The molecule has 1 aliphatic rings. The number of nitrogens with one attached hydrogen (secondary N) is 2. The molecule has 2 aromatic rings. The Morgan fingerprint density at radius 2 is 2.00 bits per heavy atom. The summed E-state index contributed by atoms with van der Waals surface area (Å²) in [4.78, 5) is 11.7. The average molecular weight is 558 g/mol. The van der Waals surface area contributed by atoms with E-state index in [1.165, 1.54) is 18.4 Å². The SMILES string of the molecule is CN=C(NCc1csc(C(C)(C)C)n1)NCC(c1cccc(OC)c1)N1CCCC1.I. The predicted octanol–water partition coefficient (Wildman–Crippen LogP) is 4.57. The molecular weight excluding hydrogens is 521 g/mol. The Labute approximate surface area is 207 Å². The van der Waals surface area contributed by atoms with Crippen LogP contribution in [-0.2, 0) is 12.0 Å². The van der Waals surface area contributed by atoms with Crippen LogP contribution in [0.25, 0.3) is 0 Å². The fourth-order valence-corrected chi connectivity index (χ4v) is 4.59. The number of rotatable bonds is 7. The minimum absolute atomic E-state index is 0. The van der Waals surface area contributed by atoms with Crippen molar-refractivity contribution in [3.63, 3.8) is 0 Å². The van der Waals surface area contributed by atoms with E-state index in [0.717, 1.165) is 42.0 Å². The van der Waals surface area contributed by atoms with E-state index in [1.54, 1.807) is 18.4 Å². The van der Waals surface area contributed by atoms with Crippen LogP contribution >= 0.6 is 35.3 Å². The lowest BCUT2D eigenvalue weighted by molar-refractivity contribution is 0.245. The van der Waals surface area contributed by atoms with Crippen molar-refractivity contribution in [2.45, 2.75) is 51.6 Å². The molecule has 1 saturated heterocycles. The van der Waals surface area contributed by atoms with Crippen LogP contribution in [0, 0.1) is 0 Å². The molecule has 1 aliphatic heterocycles. The van der Waals surface area contributed by atoms with Crippen LogP contribution in [0.1, 0.15) is 55.9 Å². The molecule has 1 unspecified atom stereocenters. The molecule has 1 aromatic carbocycles. The molecule has 31 heavy (non-hydrogen) atoms. The normalized spacial score (nSPS) is 16.0. The van der Waals surface area contributed by atoms with Crippen LogP contribution in [0.5, 0.6) is 5.75 Å². The third-order valence-electron chi connectivity index (χ3n) is 5.38. The molecule has 0 radical (unpaired) electrons. The number of ether oxygens (including phenoxy) is 1. The summed E-state index contributed by atoms with van der Waals surface area (Å²) in [6.07, 6.45) is 2.51. The lowest BCUT2D eigenvalue weighted by Crippen LogP contribution is -2.42. The van der Waals surface area contributed by atoms with Crippen molar-refractivity contribution in [1.82, 2.24) is 20.5 Å². The van der Waals surface area contributed by atoms with E-state index in [-0.39, 0.29) is 35.4 Å². The highest BCUT2D eigenvalue weighted by Gasteiger charge is 2.24. The van der Waals surface area contributed by atoms with Crippen LogP contribution in [0.3, 0.4) is 0 Å². The summed E-state index contributed by atoms with van der Waals surface area (Å²) in [5, 5.41) is 10.2. The Morgan fingerprint density at radius 1 is 1.26 bits per heavy atom. The first-order valence-electron chi connectivity index (χ1n) is 10.7. The van der Waals surface area contributed by atoms with Gasteiger partial charge in [0.25, 0.3) is 0 Å². The molecule has 0 saturated carbocycles. The number of hydrogen-bond donors (Lipinski definition) is 2. The molecule has 6 nitrogen and oxygen atoms in total. The lowest BCUT2D eigenvalue weighted by atomic mass is 9.98. The number of nitrogens with zero attached hydrogens (tertiary/aromatic N) is 3. The van der Waals surface area contributed by atoms with E-state index in [1.807, 2.05) is 13.1 Å². The number of benzene rings is 1. The molecule has 8 heteroatoms. The van der Waals surface area contributed by atoms with E-state index < -0.39 is 0 Å². The Balaban J connectivity index is 0.00000341. The molecule has 3 rings (SSSR count). The van der Waals surface area contributed by atoms with Crippen LogP contribution in [-0.4, -0.2) is 49.6 Å². The zero-order valence-corrected chi connectivity index (χ0v) is 22.4. The summed E-state index contributed by atoms with van der Waals surface area (Å²) in [5.41, 5.74) is 2.41. The molecule has 1 atom stereocenters. The number of halogens is 1. The van der Waals surface area contributed by atoms with Gasteiger partial charge in [-0.15, -0.1) is 35.3 Å². The van der Waals surface area contributed by atoms with Gasteiger partial charge in [-0.1, -0.05) is 32.9 Å². The lowest BCUT2D eigenvalue weighted by Gasteiger charge is -2.29. The molecule has 0 bridgehead atoms. The van der Waals surface area contributed by atoms with E-state index >= 15 is 0 Å². The number of likely N-dealkylation sites (tertiary alicyclic amines) is 1. The minimum Gasteiger partial charge on any atom is -0.497 e. The monoisotopic (exact) mass is 557 g/mol. The molecule has 1 aromatic heterocycles. The first-order valence-corrected chi connectivity index (χ1v) is 11.6. The largest absolute Gasteiger partial charge is 0.497 e. The maximum absolute atomic E-state index is 5.45. The number of thiazole rings is 1. The third-order valence-corrected chi connectivity index (χ3v) is 6.69. The zero-order valence-electron chi connectivity index (χ0n) is 19.3. The summed E-state index contributed by atoms with van der Waals surface area (Å²) in [6.45, 7) is 10.3. The Bertz CT molecular complexity index is 842. The second-order valence-electron chi connectivity index (χ2n) is 8.74. The van der Waals surface area contributed by atoms with Gasteiger partial charge in [0.15, 0.2) is 5.96 Å². The van der Waals surface area contributed by atoms with Gasteiger partial charge in [-0.05, 0) is 43.6 Å². The second kappa shape index (κ2) is 12.0. The molecule has 2 N–H and O–H groups in total. The van der Waals surface area contributed by atoms with Gasteiger partial charge >= 0.3 is 0 Å². The van der Waals surface area contributed by atoms with Gasteiger partial charge in [-0.25, -0.2) is 4.98 Å². The summed E-state index contributed by atoms with van der Waals surface area (Å²) in [7, 11) is 3.53. The Kier molecular flexibility index (Phi) is 10.0. The topological polar surface area (TPSA) is 61.8 Å². The highest BCUT2D eigenvalue weighted by Crippen LogP contribution is 2.27. The standard InChI is InChI=1S/C23H35N5OS.HI/c1-23(2,3)21-27-18(16-30-21)14-25-22(24-4)26-15-20(28-11-6-7-12-28)17-9-8-10-19(13-17)29-5;/h8-10,13,16,20H,6-7,11-12,14-15H2,1-5H3,(H2,24,25,26);1H. The molecule has 0 spiro atoms. The van der Waals surface area contributed by atoms with Crippen molar-refractivity contribution in [3.8, 4) is 5.75 Å². The van der Waals surface area contributed by atoms with Gasteiger partial charge in [-0.3, -0.25) is 9.89 Å². The molecule has 0 aliphatic carbocycles. The van der Waals surface area contributed by atoms with Crippen molar-refractivity contribution in [3.05, 3.63) is 45.9 Å². The minimum atomic E-state index is 0. The van der Waals surface area contributed by atoms with Crippen molar-refractivity contribution in [2.24, 2.45) is 4.99 Å². The van der Waals surface area contributed by atoms with E-state index in [9.17, 15) is 0 Å². The van der Waals surface area contributed by atoms with E-state index in [2.05, 4.69) is 64.9 Å². The number of methoxy groups -OCH3 is 1. The van der Waals surface area contributed by atoms with Gasteiger partial charge in [0, 0.05) is 24.4 Å². The molecule has 172 valence electrons. The van der Waals surface area contributed by atoms with Crippen molar-refractivity contribution in [1.29, 1.82) is 0 Å². The highest BCUT2D eigenvalue weighted by atomic mass is 127. The molecule has 1 fully saturated rings. The summed E-state index contributed by atoms with van der Waals surface area (Å²) >= 11 is 1.72. The quantitative estimate of drug-likeness (QED) is 0.297. The van der Waals surface area contributed by atoms with Crippen LogP contribution in [0.2, 0.25) is 0 Å². The zero-order chi connectivity index (χ0) is 21.6. The second-order valence-corrected chi connectivity index (χ2v) is 9.59. The van der Waals surface area contributed by atoms with Gasteiger partial charge < -0.3 is 15.4 Å². The van der Waals surface area contributed by atoms with Gasteiger partial charge in [0.05, 0.1) is 30.4 Å². The smallest absolute Gasteiger partial charge is 0.191 e. The van der Waals surface area contributed by atoms with E-state index in [4.69, 9.17) is 9.72 Å². The van der Waals surface area contributed by atoms with Crippen molar-refractivity contribution in [2.75, 3.05) is 33.8 Å². The van der Waals surface area contributed by atoms with Gasteiger partial charge in [-0.2, -0.15) is 0 Å². The maximum Gasteiger partial charge on any atom is 0.191 e. The molecule has 2 heterocycles. The number of guanidine groups is 1. The predicted molar refractivity (Wildman–Crippen MR) is 141 cm³/mol. The first-order chi connectivity index (χ1) is 14.4. The Hall–Kier alpha value is -1.39. The fraction of sp³-hybridized carbons (Fsp3) is 0.565. The van der Waals surface area contributed by atoms with Crippen molar-refractivity contribution >= 4 is 41.3 Å². The summed E-state index contributed by atoms with van der Waals surface area (Å²) in [5.74, 6) is 1.70. The summed E-state index contributed by atoms with van der Waals surface area (Å²) in [6, 6.07) is 8.68. The van der Waals surface area contributed by atoms with Crippen molar-refractivity contribution < 1.29 is 4.74 Å². The summed E-state index contributed by atoms with van der Waals surface area (Å²) < 4.78 is 5.45. The maximum atomic E-state index is 5.45. The number of hydrogen-bond acceptors (Lipinski definition) is 5. The highest BCUT2D eigenvalue weighted by molar-refractivity contribution is 14.0. The van der Waals surface area contributed by atoms with Gasteiger partial charge in [0.2, 0.25) is 0 Å². The first kappa shape index (κ1) is 25.9. The van der Waals surface area contributed by atoms with Gasteiger partial charge in [0.1, 0.15) is 5.75 Å². The van der Waals surface area contributed by atoms with Crippen LogP contribution < -0.4 is 15.4 Å². The Morgan fingerprint density at radius 3 is 2.61 bits per heavy atom. The number of aliphatic imine (C=N–C) groups is 1. The fourth-order valence-electron chi connectivity index (χ4n) is 3.68. The van der Waals surface area contributed by atoms with Crippen LogP contribution in [0.15, 0.2) is 34.6 Å². The molecule has 0 amide bonds.